The summed E-state index contributed by atoms with van der Waals surface area (Å²) >= 11 is 6.31. The zero-order valence-corrected chi connectivity index (χ0v) is 12.1. The molecule has 0 spiro atoms. The molecule has 0 aromatic heterocycles. The summed E-state index contributed by atoms with van der Waals surface area (Å²) in [6, 6.07) is 13.1. The van der Waals surface area contributed by atoms with Crippen molar-refractivity contribution < 1.29 is 0 Å². The Morgan fingerprint density at radius 3 is 2.58 bits per heavy atom. The van der Waals surface area contributed by atoms with Gasteiger partial charge in [-0.1, -0.05) is 61.7 Å². The molecule has 0 aliphatic heterocycles. The molecule has 0 bridgehead atoms. The van der Waals surface area contributed by atoms with E-state index in [1.807, 2.05) is 6.07 Å². The Balaban J connectivity index is 2.03. The third-order valence-corrected chi connectivity index (χ3v) is 4.33. The van der Waals surface area contributed by atoms with Gasteiger partial charge in [-0.25, -0.2) is 0 Å². The molecule has 3 rings (SSSR count). The zero-order chi connectivity index (χ0) is 13.2. The first-order chi connectivity index (χ1) is 9.29. The lowest BCUT2D eigenvalue weighted by atomic mass is 9.95. The van der Waals surface area contributed by atoms with Crippen molar-refractivity contribution in [2.24, 2.45) is 5.92 Å². The van der Waals surface area contributed by atoms with Crippen molar-refractivity contribution in [2.45, 2.75) is 32.2 Å². The Hall–Kier alpha value is -1.05. The van der Waals surface area contributed by atoms with E-state index in [0.29, 0.717) is 6.04 Å². The number of benzene rings is 2. The molecule has 0 radical (unpaired) electrons. The highest BCUT2D eigenvalue weighted by Crippen LogP contribution is 2.39. The molecule has 0 saturated heterocycles. The average molecular weight is 274 g/mol. The van der Waals surface area contributed by atoms with Crippen molar-refractivity contribution in [3.8, 4) is 0 Å². The minimum absolute atomic E-state index is 0.458. The maximum atomic E-state index is 6.31. The van der Waals surface area contributed by atoms with Gasteiger partial charge in [-0.2, -0.15) is 0 Å². The number of nitrogens with one attached hydrogen (secondary N) is 1. The quantitative estimate of drug-likeness (QED) is 0.813. The Morgan fingerprint density at radius 2 is 1.89 bits per heavy atom. The van der Waals surface area contributed by atoms with Crippen molar-refractivity contribution in [1.82, 2.24) is 5.32 Å². The molecule has 1 saturated carbocycles. The van der Waals surface area contributed by atoms with Crippen LogP contribution < -0.4 is 5.32 Å². The lowest BCUT2D eigenvalue weighted by Gasteiger charge is -2.20. The van der Waals surface area contributed by atoms with E-state index >= 15 is 0 Å². The molecule has 1 aliphatic carbocycles. The first kappa shape index (κ1) is 13.0. The van der Waals surface area contributed by atoms with Gasteiger partial charge in [-0.3, -0.25) is 0 Å². The number of hydrogen-bond donors (Lipinski definition) is 1. The first-order valence-corrected chi connectivity index (χ1v) is 7.58. The topological polar surface area (TPSA) is 12.0 Å². The lowest BCUT2D eigenvalue weighted by molar-refractivity contribution is 0.489. The van der Waals surface area contributed by atoms with E-state index in [-0.39, 0.29) is 0 Å². The van der Waals surface area contributed by atoms with Crippen LogP contribution in [0.15, 0.2) is 36.4 Å². The van der Waals surface area contributed by atoms with Gasteiger partial charge in [-0.15, -0.1) is 0 Å². The molecular weight excluding hydrogens is 254 g/mol. The maximum absolute atomic E-state index is 6.31. The molecule has 0 amide bonds. The third-order valence-electron chi connectivity index (χ3n) is 4.00. The van der Waals surface area contributed by atoms with Gasteiger partial charge in [0.05, 0.1) is 0 Å². The van der Waals surface area contributed by atoms with Crippen LogP contribution in [-0.2, 0) is 0 Å². The lowest BCUT2D eigenvalue weighted by Crippen LogP contribution is -2.21. The molecule has 2 aromatic rings. The second-order valence-electron chi connectivity index (χ2n) is 5.47. The van der Waals surface area contributed by atoms with Gasteiger partial charge < -0.3 is 5.32 Å². The first-order valence-electron chi connectivity index (χ1n) is 7.20. The third kappa shape index (κ3) is 2.77. The second kappa shape index (κ2) is 5.52. The van der Waals surface area contributed by atoms with E-state index in [9.17, 15) is 0 Å². The monoisotopic (exact) mass is 273 g/mol. The standard InChI is InChI=1S/C17H20ClN/c1-2-19-17(11-12-7-8-12)15-9-10-16(18)14-6-4-3-5-13(14)15/h3-6,9-10,12,17,19H,2,7-8,11H2,1H3. The summed E-state index contributed by atoms with van der Waals surface area (Å²) in [5.74, 6) is 0.915. The van der Waals surface area contributed by atoms with Gasteiger partial charge in [0.1, 0.15) is 0 Å². The Bertz CT molecular complexity index is 574. The molecular formula is C17H20ClN. The fourth-order valence-corrected chi connectivity index (χ4v) is 3.07. The Morgan fingerprint density at radius 1 is 1.16 bits per heavy atom. The Labute approximate surface area is 120 Å². The van der Waals surface area contributed by atoms with Crippen molar-refractivity contribution in [1.29, 1.82) is 0 Å². The van der Waals surface area contributed by atoms with Crippen LogP contribution in [0.2, 0.25) is 5.02 Å². The minimum Gasteiger partial charge on any atom is -0.310 e. The molecule has 2 aromatic carbocycles. The van der Waals surface area contributed by atoms with Gasteiger partial charge in [0.25, 0.3) is 0 Å². The summed E-state index contributed by atoms with van der Waals surface area (Å²) in [6.07, 6.45) is 4.04. The average Bonchev–Trinajstić information content (AvgIpc) is 3.23. The summed E-state index contributed by atoms with van der Waals surface area (Å²) in [6.45, 7) is 3.19. The van der Waals surface area contributed by atoms with Crippen LogP contribution in [-0.4, -0.2) is 6.54 Å². The number of hydrogen-bond acceptors (Lipinski definition) is 1. The molecule has 1 aliphatic rings. The highest BCUT2D eigenvalue weighted by Gasteiger charge is 2.26. The molecule has 1 atom stereocenters. The largest absolute Gasteiger partial charge is 0.310 e. The van der Waals surface area contributed by atoms with E-state index in [4.69, 9.17) is 11.6 Å². The number of fused-ring (bicyclic) bond motifs is 1. The molecule has 2 heteroatoms. The van der Waals surface area contributed by atoms with Crippen LogP contribution in [0.4, 0.5) is 0 Å². The molecule has 0 heterocycles. The van der Waals surface area contributed by atoms with Crippen molar-refractivity contribution in [2.75, 3.05) is 6.54 Å². The summed E-state index contributed by atoms with van der Waals surface area (Å²) in [5.41, 5.74) is 1.40. The number of rotatable bonds is 5. The van der Waals surface area contributed by atoms with Gasteiger partial charge >= 0.3 is 0 Å². The summed E-state index contributed by atoms with van der Waals surface area (Å²) in [4.78, 5) is 0. The summed E-state index contributed by atoms with van der Waals surface area (Å²) < 4.78 is 0. The predicted octanol–water partition coefficient (Wildman–Crippen LogP) is 4.94. The second-order valence-corrected chi connectivity index (χ2v) is 5.88. The van der Waals surface area contributed by atoms with Crippen LogP contribution in [0.3, 0.4) is 0 Å². The SMILES string of the molecule is CCNC(CC1CC1)c1ccc(Cl)c2ccccc12. The van der Waals surface area contributed by atoms with Crippen LogP contribution >= 0.6 is 11.6 Å². The minimum atomic E-state index is 0.458. The molecule has 1 fully saturated rings. The van der Waals surface area contributed by atoms with E-state index in [1.165, 1.54) is 35.6 Å². The number of halogens is 1. The highest BCUT2D eigenvalue weighted by atomic mass is 35.5. The molecule has 1 N–H and O–H groups in total. The van der Waals surface area contributed by atoms with Crippen molar-refractivity contribution >= 4 is 22.4 Å². The van der Waals surface area contributed by atoms with E-state index in [2.05, 4.69) is 42.6 Å². The molecule has 100 valence electrons. The fraction of sp³-hybridized carbons (Fsp3) is 0.412. The highest BCUT2D eigenvalue weighted by molar-refractivity contribution is 6.35. The predicted molar refractivity (Wildman–Crippen MR) is 82.7 cm³/mol. The van der Waals surface area contributed by atoms with Gasteiger partial charge in [0.2, 0.25) is 0 Å². The van der Waals surface area contributed by atoms with Crippen molar-refractivity contribution in [3.63, 3.8) is 0 Å². The van der Waals surface area contributed by atoms with Crippen LogP contribution in [0.1, 0.15) is 37.8 Å². The summed E-state index contributed by atoms with van der Waals surface area (Å²) in [5, 5.41) is 6.95. The van der Waals surface area contributed by atoms with E-state index in [1.54, 1.807) is 0 Å². The van der Waals surface area contributed by atoms with Gasteiger partial charge in [0.15, 0.2) is 0 Å². The van der Waals surface area contributed by atoms with Crippen LogP contribution in [0.5, 0.6) is 0 Å². The fourth-order valence-electron chi connectivity index (χ4n) is 2.84. The van der Waals surface area contributed by atoms with Crippen LogP contribution in [0.25, 0.3) is 10.8 Å². The van der Waals surface area contributed by atoms with E-state index < -0.39 is 0 Å². The normalized spacial score (nSPS) is 16.7. The molecule has 1 unspecified atom stereocenters. The maximum Gasteiger partial charge on any atom is 0.0484 e. The van der Waals surface area contributed by atoms with Crippen molar-refractivity contribution in [3.05, 3.63) is 47.0 Å². The van der Waals surface area contributed by atoms with Crippen LogP contribution in [0, 0.1) is 5.92 Å². The van der Waals surface area contributed by atoms with E-state index in [0.717, 1.165) is 17.5 Å². The molecule has 1 nitrogen and oxygen atoms in total. The van der Waals surface area contributed by atoms with Gasteiger partial charge in [-0.05, 0) is 35.9 Å². The summed E-state index contributed by atoms with van der Waals surface area (Å²) in [7, 11) is 0. The smallest absolute Gasteiger partial charge is 0.0484 e. The Kier molecular flexibility index (Phi) is 3.76. The van der Waals surface area contributed by atoms with Gasteiger partial charge in [0, 0.05) is 16.5 Å². The zero-order valence-electron chi connectivity index (χ0n) is 11.3. The molecule has 19 heavy (non-hydrogen) atoms.